The van der Waals surface area contributed by atoms with Crippen molar-refractivity contribution in [2.24, 2.45) is 0 Å². The number of fused-ring (bicyclic) bond motifs is 1. The van der Waals surface area contributed by atoms with Gasteiger partial charge in [-0.2, -0.15) is 0 Å². The first-order valence-electron chi connectivity index (χ1n) is 8.24. The molecular formula is C18H30N2. The minimum Gasteiger partial charge on any atom is -0.313 e. The van der Waals surface area contributed by atoms with E-state index in [9.17, 15) is 0 Å². The monoisotopic (exact) mass is 274 g/mol. The Morgan fingerprint density at radius 3 is 2.85 bits per heavy atom. The van der Waals surface area contributed by atoms with Gasteiger partial charge in [0, 0.05) is 25.7 Å². The lowest BCUT2D eigenvalue weighted by Gasteiger charge is -2.31. The Labute approximate surface area is 124 Å². The third kappa shape index (κ3) is 4.32. The molecule has 2 nitrogen and oxygen atoms in total. The first-order chi connectivity index (χ1) is 9.70. The summed E-state index contributed by atoms with van der Waals surface area (Å²) in [5.74, 6) is 0.735. The molecule has 0 aromatic heterocycles. The Kier molecular flexibility index (Phi) is 6.06. The quantitative estimate of drug-likeness (QED) is 0.819. The SMILES string of the molecule is CCN(CCNC(C)C)CC1CCCc2ccccc21. The zero-order chi connectivity index (χ0) is 14.4. The number of rotatable bonds is 7. The largest absolute Gasteiger partial charge is 0.313 e. The molecule has 1 aliphatic carbocycles. The lowest BCUT2D eigenvalue weighted by atomic mass is 9.82. The van der Waals surface area contributed by atoms with Crippen molar-refractivity contribution in [2.45, 2.75) is 52.0 Å². The normalized spacial score (nSPS) is 18.6. The Morgan fingerprint density at radius 2 is 2.10 bits per heavy atom. The van der Waals surface area contributed by atoms with Gasteiger partial charge in [0.15, 0.2) is 0 Å². The van der Waals surface area contributed by atoms with E-state index in [4.69, 9.17) is 0 Å². The third-order valence-corrected chi connectivity index (χ3v) is 4.40. The molecule has 0 spiro atoms. The number of benzene rings is 1. The molecule has 0 fully saturated rings. The van der Waals surface area contributed by atoms with Gasteiger partial charge in [-0.15, -0.1) is 0 Å². The van der Waals surface area contributed by atoms with Gasteiger partial charge in [0.1, 0.15) is 0 Å². The predicted molar refractivity (Wildman–Crippen MR) is 87.4 cm³/mol. The van der Waals surface area contributed by atoms with Crippen LogP contribution in [0.2, 0.25) is 0 Å². The van der Waals surface area contributed by atoms with Crippen LogP contribution in [-0.2, 0) is 6.42 Å². The van der Waals surface area contributed by atoms with Crippen LogP contribution in [0.25, 0.3) is 0 Å². The lowest BCUT2D eigenvalue weighted by molar-refractivity contribution is 0.257. The highest BCUT2D eigenvalue weighted by molar-refractivity contribution is 5.32. The number of aryl methyl sites for hydroxylation is 1. The van der Waals surface area contributed by atoms with Gasteiger partial charge in [0.05, 0.1) is 0 Å². The van der Waals surface area contributed by atoms with Crippen LogP contribution >= 0.6 is 0 Å². The Bertz CT molecular complexity index is 400. The molecule has 1 unspecified atom stereocenters. The predicted octanol–water partition coefficient (Wildman–Crippen LogP) is 3.43. The average Bonchev–Trinajstić information content (AvgIpc) is 2.46. The number of nitrogens with zero attached hydrogens (tertiary/aromatic N) is 1. The second-order valence-electron chi connectivity index (χ2n) is 6.29. The van der Waals surface area contributed by atoms with Crippen molar-refractivity contribution in [3.05, 3.63) is 35.4 Å². The molecule has 0 saturated carbocycles. The van der Waals surface area contributed by atoms with E-state index in [0.717, 1.165) is 25.6 Å². The van der Waals surface area contributed by atoms with Gasteiger partial charge in [0.2, 0.25) is 0 Å². The molecule has 1 N–H and O–H groups in total. The molecule has 20 heavy (non-hydrogen) atoms. The smallest absolute Gasteiger partial charge is 0.0107 e. The van der Waals surface area contributed by atoms with Crippen molar-refractivity contribution in [1.82, 2.24) is 10.2 Å². The third-order valence-electron chi connectivity index (χ3n) is 4.40. The maximum Gasteiger partial charge on any atom is 0.0107 e. The first-order valence-corrected chi connectivity index (χ1v) is 8.24. The van der Waals surface area contributed by atoms with Crippen LogP contribution < -0.4 is 5.32 Å². The summed E-state index contributed by atoms with van der Waals surface area (Å²) in [4.78, 5) is 2.60. The topological polar surface area (TPSA) is 15.3 Å². The van der Waals surface area contributed by atoms with Crippen LogP contribution in [0.3, 0.4) is 0 Å². The highest BCUT2D eigenvalue weighted by Gasteiger charge is 2.21. The Balaban J connectivity index is 1.91. The van der Waals surface area contributed by atoms with E-state index in [1.165, 1.54) is 25.8 Å². The fraction of sp³-hybridized carbons (Fsp3) is 0.667. The fourth-order valence-corrected chi connectivity index (χ4v) is 3.25. The maximum absolute atomic E-state index is 3.52. The highest BCUT2D eigenvalue weighted by atomic mass is 15.1. The lowest BCUT2D eigenvalue weighted by Crippen LogP contribution is -2.37. The van der Waals surface area contributed by atoms with Gasteiger partial charge in [-0.05, 0) is 42.9 Å². The van der Waals surface area contributed by atoms with Crippen molar-refractivity contribution >= 4 is 0 Å². The van der Waals surface area contributed by atoms with Crippen LogP contribution in [0.4, 0.5) is 0 Å². The summed E-state index contributed by atoms with van der Waals surface area (Å²) in [6, 6.07) is 9.64. The van der Waals surface area contributed by atoms with E-state index >= 15 is 0 Å². The molecular weight excluding hydrogens is 244 g/mol. The van der Waals surface area contributed by atoms with Crippen molar-refractivity contribution in [2.75, 3.05) is 26.2 Å². The molecule has 1 aromatic carbocycles. The van der Waals surface area contributed by atoms with Gasteiger partial charge in [-0.3, -0.25) is 0 Å². The van der Waals surface area contributed by atoms with Crippen LogP contribution in [0.15, 0.2) is 24.3 Å². The minimum absolute atomic E-state index is 0.587. The summed E-state index contributed by atoms with van der Waals surface area (Å²) in [5, 5.41) is 3.52. The second-order valence-corrected chi connectivity index (χ2v) is 6.29. The van der Waals surface area contributed by atoms with Gasteiger partial charge < -0.3 is 10.2 Å². The van der Waals surface area contributed by atoms with E-state index in [2.05, 4.69) is 55.3 Å². The zero-order valence-electron chi connectivity index (χ0n) is 13.4. The minimum atomic E-state index is 0.587. The summed E-state index contributed by atoms with van der Waals surface area (Å²) in [5.41, 5.74) is 3.19. The van der Waals surface area contributed by atoms with E-state index in [1.54, 1.807) is 11.1 Å². The summed E-state index contributed by atoms with van der Waals surface area (Å²) < 4.78 is 0. The molecule has 2 heteroatoms. The molecule has 0 saturated heterocycles. The van der Waals surface area contributed by atoms with Crippen LogP contribution in [0.5, 0.6) is 0 Å². The molecule has 0 radical (unpaired) electrons. The zero-order valence-corrected chi connectivity index (χ0v) is 13.4. The summed E-state index contributed by atoms with van der Waals surface area (Å²) in [6.45, 7) is 11.3. The van der Waals surface area contributed by atoms with Crippen LogP contribution in [-0.4, -0.2) is 37.1 Å². The Hall–Kier alpha value is -0.860. The molecule has 0 aliphatic heterocycles. The Morgan fingerprint density at radius 1 is 1.30 bits per heavy atom. The molecule has 0 amide bonds. The van der Waals surface area contributed by atoms with Crippen LogP contribution in [0.1, 0.15) is 50.7 Å². The number of likely N-dealkylation sites (N-methyl/N-ethyl adjacent to an activating group) is 1. The highest BCUT2D eigenvalue weighted by Crippen LogP contribution is 2.31. The summed E-state index contributed by atoms with van der Waals surface area (Å²) in [6.07, 6.45) is 3.97. The van der Waals surface area contributed by atoms with Crippen molar-refractivity contribution in [3.63, 3.8) is 0 Å². The van der Waals surface area contributed by atoms with E-state index in [0.29, 0.717) is 6.04 Å². The standard InChI is InChI=1S/C18H30N2/c1-4-20(13-12-19-15(2)3)14-17-10-7-9-16-8-5-6-11-18(16)17/h5-6,8,11,15,17,19H,4,7,9-10,12-14H2,1-3H3. The van der Waals surface area contributed by atoms with E-state index < -0.39 is 0 Å². The second kappa shape index (κ2) is 7.80. The van der Waals surface area contributed by atoms with E-state index in [1.807, 2.05) is 0 Å². The number of nitrogens with one attached hydrogen (secondary N) is 1. The fourth-order valence-electron chi connectivity index (χ4n) is 3.25. The van der Waals surface area contributed by atoms with Crippen molar-refractivity contribution in [3.8, 4) is 0 Å². The number of hydrogen-bond donors (Lipinski definition) is 1. The molecule has 2 rings (SSSR count). The van der Waals surface area contributed by atoms with Gasteiger partial charge in [0.25, 0.3) is 0 Å². The van der Waals surface area contributed by atoms with Crippen molar-refractivity contribution < 1.29 is 0 Å². The molecule has 1 atom stereocenters. The molecule has 1 aromatic rings. The van der Waals surface area contributed by atoms with Crippen LogP contribution in [0, 0.1) is 0 Å². The van der Waals surface area contributed by atoms with Gasteiger partial charge in [-0.1, -0.05) is 45.0 Å². The van der Waals surface area contributed by atoms with Gasteiger partial charge >= 0.3 is 0 Å². The van der Waals surface area contributed by atoms with Gasteiger partial charge in [-0.25, -0.2) is 0 Å². The average molecular weight is 274 g/mol. The molecule has 1 aliphatic rings. The molecule has 0 bridgehead atoms. The maximum atomic E-state index is 3.52. The van der Waals surface area contributed by atoms with Crippen molar-refractivity contribution in [1.29, 1.82) is 0 Å². The van der Waals surface area contributed by atoms with E-state index in [-0.39, 0.29) is 0 Å². The molecule has 0 heterocycles. The summed E-state index contributed by atoms with van der Waals surface area (Å²) in [7, 11) is 0. The number of hydrogen-bond acceptors (Lipinski definition) is 2. The summed E-state index contributed by atoms with van der Waals surface area (Å²) >= 11 is 0. The molecule has 112 valence electrons. The first kappa shape index (κ1) is 15.5.